The lowest BCUT2D eigenvalue weighted by molar-refractivity contribution is -0.216. The van der Waals surface area contributed by atoms with Crippen LogP contribution >= 0.6 is 0 Å². The molecule has 0 unspecified atom stereocenters. The van der Waals surface area contributed by atoms with Crippen LogP contribution in [0.5, 0.6) is 0 Å². The van der Waals surface area contributed by atoms with Gasteiger partial charge in [-0.05, 0) is 12.8 Å². The molecule has 1 rings (SSSR count). The van der Waals surface area contributed by atoms with E-state index in [9.17, 15) is 4.79 Å². The van der Waals surface area contributed by atoms with Gasteiger partial charge in [0.25, 0.3) is 0 Å². The number of hydrogen-bond acceptors (Lipinski definition) is 3. The summed E-state index contributed by atoms with van der Waals surface area (Å²) in [7, 11) is 1.59. The fourth-order valence-corrected chi connectivity index (χ4v) is 1.52. The molecule has 1 aliphatic rings. The van der Waals surface area contributed by atoms with Crippen LogP contribution in [-0.4, -0.2) is 18.9 Å². The zero-order valence-corrected chi connectivity index (χ0v) is 7.05. The van der Waals surface area contributed by atoms with Crippen LogP contribution in [0.15, 0.2) is 0 Å². The van der Waals surface area contributed by atoms with Crippen LogP contribution in [0, 0.1) is 0 Å². The third-order valence-corrected chi connectivity index (χ3v) is 2.07. The van der Waals surface area contributed by atoms with Crippen LogP contribution in [0.1, 0.15) is 32.6 Å². The third kappa shape index (κ3) is 1.93. The maximum Gasteiger partial charge on any atom is 0.305 e. The molecule has 0 N–H and O–H groups in total. The zero-order valence-electron chi connectivity index (χ0n) is 7.05. The summed E-state index contributed by atoms with van der Waals surface area (Å²) in [6.45, 7) is 1.42. The Morgan fingerprint density at radius 3 is 2.27 bits per heavy atom. The molecule has 0 radical (unpaired) electrons. The van der Waals surface area contributed by atoms with Crippen LogP contribution in [-0.2, 0) is 14.3 Å². The van der Waals surface area contributed by atoms with Gasteiger partial charge in [-0.1, -0.05) is 0 Å². The van der Waals surface area contributed by atoms with E-state index in [-0.39, 0.29) is 5.97 Å². The van der Waals surface area contributed by atoms with Gasteiger partial charge in [0.2, 0.25) is 5.79 Å². The Bertz CT molecular complexity index is 147. The normalized spacial score (nSPS) is 21.6. The Kier molecular flexibility index (Phi) is 2.49. The Hall–Kier alpha value is -0.570. The smallest absolute Gasteiger partial charge is 0.305 e. The van der Waals surface area contributed by atoms with E-state index in [0.717, 1.165) is 25.7 Å². The summed E-state index contributed by atoms with van der Waals surface area (Å²) in [5.74, 6) is -0.847. The van der Waals surface area contributed by atoms with Gasteiger partial charge in [0.15, 0.2) is 0 Å². The van der Waals surface area contributed by atoms with Crippen molar-refractivity contribution in [1.82, 2.24) is 0 Å². The van der Waals surface area contributed by atoms with Crippen molar-refractivity contribution in [3.63, 3.8) is 0 Å². The van der Waals surface area contributed by atoms with Gasteiger partial charge in [-0.2, -0.15) is 0 Å². The molecule has 0 aliphatic heterocycles. The molecule has 0 aromatic carbocycles. The van der Waals surface area contributed by atoms with Gasteiger partial charge >= 0.3 is 5.97 Å². The average Bonchev–Trinajstić information content (AvgIpc) is 2.36. The monoisotopic (exact) mass is 158 g/mol. The Morgan fingerprint density at radius 2 is 1.91 bits per heavy atom. The molecule has 64 valence electrons. The lowest BCUT2D eigenvalue weighted by Crippen LogP contribution is -2.32. The average molecular weight is 158 g/mol. The van der Waals surface area contributed by atoms with E-state index in [0.29, 0.717) is 0 Å². The summed E-state index contributed by atoms with van der Waals surface area (Å²) >= 11 is 0. The second kappa shape index (κ2) is 3.22. The lowest BCUT2D eigenvalue weighted by Gasteiger charge is -2.26. The van der Waals surface area contributed by atoms with Crippen molar-refractivity contribution in [3.05, 3.63) is 0 Å². The first-order chi connectivity index (χ1) is 5.18. The Labute approximate surface area is 66.7 Å². The standard InChI is InChI=1S/C8H14O3/c1-7(9)11-8(10-2)5-3-4-6-8/h3-6H2,1-2H3. The Balaban J connectivity index is 2.52. The molecule has 0 atom stereocenters. The van der Waals surface area contributed by atoms with Gasteiger partial charge in [-0.25, -0.2) is 0 Å². The Morgan fingerprint density at radius 1 is 1.36 bits per heavy atom. The number of ether oxygens (including phenoxy) is 2. The van der Waals surface area contributed by atoms with Gasteiger partial charge in [0, 0.05) is 26.9 Å². The van der Waals surface area contributed by atoms with Gasteiger partial charge in [0.05, 0.1) is 0 Å². The highest BCUT2D eigenvalue weighted by molar-refractivity contribution is 5.66. The topological polar surface area (TPSA) is 35.5 Å². The highest BCUT2D eigenvalue weighted by Gasteiger charge is 2.36. The van der Waals surface area contributed by atoms with Crippen molar-refractivity contribution in [2.24, 2.45) is 0 Å². The molecule has 0 aromatic heterocycles. The van der Waals surface area contributed by atoms with Crippen molar-refractivity contribution >= 4 is 5.97 Å². The molecule has 0 bridgehead atoms. The van der Waals surface area contributed by atoms with E-state index < -0.39 is 5.79 Å². The van der Waals surface area contributed by atoms with Gasteiger partial charge in [-0.3, -0.25) is 4.79 Å². The van der Waals surface area contributed by atoms with E-state index in [1.54, 1.807) is 7.11 Å². The highest BCUT2D eigenvalue weighted by atomic mass is 16.7. The van der Waals surface area contributed by atoms with Crippen LogP contribution < -0.4 is 0 Å². The first-order valence-electron chi connectivity index (χ1n) is 3.93. The molecular weight excluding hydrogens is 144 g/mol. The van der Waals surface area contributed by atoms with Gasteiger partial charge in [-0.15, -0.1) is 0 Å². The van der Waals surface area contributed by atoms with Crippen molar-refractivity contribution in [2.75, 3.05) is 7.11 Å². The molecule has 0 amide bonds. The molecule has 11 heavy (non-hydrogen) atoms. The maximum absolute atomic E-state index is 10.7. The largest absolute Gasteiger partial charge is 0.433 e. The molecule has 1 fully saturated rings. The summed E-state index contributed by atoms with van der Waals surface area (Å²) in [6, 6.07) is 0. The van der Waals surface area contributed by atoms with Crippen molar-refractivity contribution in [3.8, 4) is 0 Å². The molecule has 1 aliphatic carbocycles. The predicted molar refractivity (Wildman–Crippen MR) is 40.0 cm³/mol. The highest BCUT2D eigenvalue weighted by Crippen LogP contribution is 2.33. The molecule has 3 heteroatoms. The number of esters is 1. The molecule has 0 saturated heterocycles. The molecule has 0 aromatic rings. The minimum absolute atomic E-state index is 0.256. The quantitative estimate of drug-likeness (QED) is 0.451. The van der Waals surface area contributed by atoms with Crippen LogP contribution in [0.4, 0.5) is 0 Å². The van der Waals surface area contributed by atoms with Crippen molar-refractivity contribution < 1.29 is 14.3 Å². The van der Waals surface area contributed by atoms with E-state index in [1.165, 1.54) is 6.92 Å². The van der Waals surface area contributed by atoms with Gasteiger partial charge < -0.3 is 9.47 Å². The van der Waals surface area contributed by atoms with E-state index in [1.807, 2.05) is 0 Å². The second-order valence-corrected chi connectivity index (χ2v) is 2.92. The molecule has 3 nitrogen and oxygen atoms in total. The minimum atomic E-state index is -0.591. The van der Waals surface area contributed by atoms with Crippen LogP contribution in [0.25, 0.3) is 0 Å². The first kappa shape index (κ1) is 8.53. The predicted octanol–water partition coefficient (Wildman–Crippen LogP) is 1.47. The number of carbonyl (C=O) groups excluding carboxylic acids is 1. The van der Waals surface area contributed by atoms with E-state index in [2.05, 4.69) is 0 Å². The summed E-state index contributed by atoms with van der Waals surface area (Å²) in [6.07, 6.45) is 3.84. The number of methoxy groups -OCH3 is 1. The second-order valence-electron chi connectivity index (χ2n) is 2.92. The van der Waals surface area contributed by atoms with Crippen LogP contribution in [0.2, 0.25) is 0 Å². The minimum Gasteiger partial charge on any atom is -0.433 e. The van der Waals surface area contributed by atoms with Crippen LogP contribution in [0.3, 0.4) is 0 Å². The summed E-state index contributed by atoms with van der Waals surface area (Å²) in [5.41, 5.74) is 0. The summed E-state index contributed by atoms with van der Waals surface area (Å²) in [4.78, 5) is 10.7. The third-order valence-electron chi connectivity index (χ3n) is 2.07. The fourth-order valence-electron chi connectivity index (χ4n) is 1.52. The summed E-state index contributed by atoms with van der Waals surface area (Å²) < 4.78 is 10.3. The van der Waals surface area contributed by atoms with E-state index in [4.69, 9.17) is 9.47 Å². The maximum atomic E-state index is 10.7. The molecular formula is C8H14O3. The van der Waals surface area contributed by atoms with Gasteiger partial charge in [0.1, 0.15) is 0 Å². The van der Waals surface area contributed by atoms with E-state index >= 15 is 0 Å². The number of rotatable bonds is 2. The van der Waals surface area contributed by atoms with Crippen molar-refractivity contribution in [2.45, 2.75) is 38.4 Å². The molecule has 0 heterocycles. The SMILES string of the molecule is COC1(OC(C)=O)CCCC1. The lowest BCUT2D eigenvalue weighted by atomic mass is 10.2. The zero-order chi connectivity index (χ0) is 8.32. The molecule has 1 saturated carbocycles. The van der Waals surface area contributed by atoms with Crippen molar-refractivity contribution in [1.29, 1.82) is 0 Å². The number of carbonyl (C=O) groups is 1. The number of hydrogen-bond donors (Lipinski definition) is 0. The fraction of sp³-hybridized carbons (Fsp3) is 0.875. The molecule has 0 spiro atoms. The summed E-state index contributed by atoms with van der Waals surface area (Å²) in [5, 5.41) is 0. The first-order valence-corrected chi connectivity index (χ1v) is 3.93.